The van der Waals surface area contributed by atoms with Gasteiger partial charge in [-0.15, -0.1) is 0 Å². The van der Waals surface area contributed by atoms with E-state index in [4.69, 9.17) is 5.73 Å². The number of carbonyl (C=O) groups excluding carboxylic acids is 1. The molecule has 0 spiro atoms. The maximum atomic E-state index is 12.2. The van der Waals surface area contributed by atoms with Crippen LogP contribution in [-0.4, -0.2) is 29.1 Å². The van der Waals surface area contributed by atoms with E-state index in [0.29, 0.717) is 6.42 Å². The number of benzene rings is 1. The third kappa shape index (κ3) is 3.33. The number of carbonyl (C=O) groups is 1. The van der Waals surface area contributed by atoms with Crippen molar-refractivity contribution in [3.05, 3.63) is 54.4 Å². The van der Waals surface area contributed by atoms with E-state index in [1.54, 1.807) is 55.8 Å². The smallest absolute Gasteiger partial charge is 0.243 e. The molecule has 0 saturated heterocycles. The Bertz CT molecular complexity index is 569. The average Bonchev–Trinajstić information content (AvgIpc) is 2.49. The summed E-state index contributed by atoms with van der Waals surface area (Å²) in [5.74, 6) is 0.0341. The van der Waals surface area contributed by atoms with Crippen molar-refractivity contribution in [1.29, 1.82) is 0 Å². The Balaban J connectivity index is 2.03. The Labute approximate surface area is 117 Å². The predicted molar refractivity (Wildman–Crippen MR) is 77.4 cm³/mol. The summed E-state index contributed by atoms with van der Waals surface area (Å²) in [6, 6.07) is 9.57. The van der Waals surface area contributed by atoms with Crippen LogP contribution in [0.25, 0.3) is 0 Å². The second kappa shape index (κ2) is 6.16. The van der Waals surface area contributed by atoms with Gasteiger partial charge in [-0.05, 0) is 36.2 Å². The fourth-order valence-corrected chi connectivity index (χ4v) is 1.92. The Hall–Kier alpha value is -2.40. The molecule has 0 aliphatic rings. The molecule has 0 bridgehead atoms. The maximum Gasteiger partial charge on any atom is 0.243 e. The number of rotatable bonds is 4. The van der Waals surface area contributed by atoms with Gasteiger partial charge in [0.1, 0.15) is 5.75 Å². The largest absolute Gasteiger partial charge is 0.508 e. The van der Waals surface area contributed by atoms with Gasteiger partial charge in [0.15, 0.2) is 0 Å². The molecule has 104 valence electrons. The molecule has 5 heteroatoms. The van der Waals surface area contributed by atoms with Crippen LogP contribution in [0.15, 0.2) is 48.8 Å². The summed E-state index contributed by atoms with van der Waals surface area (Å²) in [6.45, 7) is 0. The number of likely N-dealkylation sites (N-methyl/N-ethyl adjacent to an activating group) is 1. The number of hydrogen-bond donors (Lipinski definition) is 2. The molecule has 1 atom stereocenters. The normalized spacial score (nSPS) is 11.9. The van der Waals surface area contributed by atoms with Gasteiger partial charge in [-0.25, -0.2) is 0 Å². The number of phenolic OH excluding ortho intramolecular Hbond substituents is 1. The highest BCUT2D eigenvalue weighted by atomic mass is 16.3. The van der Waals surface area contributed by atoms with Crippen molar-refractivity contribution < 1.29 is 9.90 Å². The highest BCUT2D eigenvalue weighted by Crippen LogP contribution is 2.14. The van der Waals surface area contributed by atoms with Crippen molar-refractivity contribution in [3.63, 3.8) is 0 Å². The summed E-state index contributed by atoms with van der Waals surface area (Å²) < 4.78 is 0. The number of phenols is 1. The van der Waals surface area contributed by atoms with Crippen LogP contribution in [0.4, 0.5) is 5.69 Å². The summed E-state index contributed by atoms with van der Waals surface area (Å²) in [7, 11) is 1.69. The van der Waals surface area contributed by atoms with Gasteiger partial charge in [-0.2, -0.15) is 0 Å². The van der Waals surface area contributed by atoms with Crippen molar-refractivity contribution in [3.8, 4) is 5.75 Å². The van der Waals surface area contributed by atoms with Gasteiger partial charge in [-0.1, -0.05) is 12.1 Å². The Morgan fingerprint density at radius 1 is 1.25 bits per heavy atom. The number of hydrogen-bond acceptors (Lipinski definition) is 4. The minimum atomic E-state index is -0.627. The van der Waals surface area contributed by atoms with Gasteiger partial charge in [0.05, 0.1) is 6.04 Å². The van der Waals surface area contributed by atoms with Gasteiger partial charge in [0.2, 0.25) is 5.91 Å². The minimum Gasteiger partial charge on any atom is -0.508 e. The van der Waals surface area contributed by atoms with E-state index in [1.807, 2.05) is 0 Å². The van der Waals surface area contributed by atoms with Crippen LogP contribution in [0.2, 0.25) is 0 Å². The lowest BCUT2D eigenvalue weighted by Crippen LogP contribution is -2.43. The van der Waals surface area contributed by atoms with E-state index in [2.05, 4.69) is 4.98 Å². The first kappa shape index (κ1) is 14.0. The van der Waals surface area contributed by atoms with Crippen LogP contribution in [0.5, 0.6) is 5.75 Å². The van der Waals surface area contributed by atoms with Crippen LogP contribution in [0, 0.1) is 0 Å². The number of aromatic nitrogens is 1. The van der Waals surface area contributed by atoms with Crippen molar-refractivity contribution in [2.45, 2.75) is 12.5 Å². The standard InChI is InChI=1S/C15H17N3O2/c1-18(12-6-8-17-9-7-12)15(20)14(16)10-11-2-4-13(19)5-3-11/h2-9,14,19H,10,16H2,1H3/t14-/m0/s1. The molecule has 1 amide bonds. The van der Waals surface area contributed by atoms with Crippen LogP contribution in [0.1, 0.15) is 5.56 Å². The van der Waals surface area contributed by atoms with Gasteiger partial charge >= 0.3 is 0 Å². The van der Waals surface area contributed by atoms with Crippen LogP contribution in [0.3, 0.4) is 0 Å². The topological polar surface area (TPSA) is 79.5 Å². The van der Waals surface area contributed by atoms with E-state index in [-0.39, 0.29) is 11.7 Å². The molecule has 20 heavy (non-hydrogen) atoms. The molecule has 0 radical (unpaired) electrons. The first-order chi connectivity index (χ1) is 9.58. The molecule has 1 aromatic heterocycles. The number of pyridine rings is 1. The van der Waals surface area contributed by atoms with E-state index in [1.165, 1.54) is 4.90 Å². The first-order valence-electron chi connectivity index (χ1n) is 6.29. The number of anilines is 1. The van der Waals surface area contributed by atoms with Crippen LogP contribution in [-0.2, 0) is 11.2 Å². The highest BCUT2D eigenvalue weighted by molar-refractivity contribution is 5.96. The molecule has 2 aromatic rings. The number of aromatic hydroxyl groups is 1. The first-order valence-corrected chi connectivity index (χ1v) is 6.29. The average molecular weight is 271 g/mol. The predicted octanol–water partition coefficient (Wildman–Crippen LogP) is 1.32. The van der Waals surface area contributed by atoms with Crippen molar-refractivity contribution >= 4 is 11.6 Å². The van der Waals surface area contributed by atoms with Gasteiger partial charge < -0.3 is 15.7 Å². The summed E-state index contributed by atoms with van der Waals surface area (Å²) >= 11 is 0. The molecular weight excluding hydrogens is 254 g/mol. The monoisotopic (exact) mass is 271 g/mol. The summed E-state index contributed by atoms with van der Waals surface area (Å²) in [4.78, 5) is 17.7. The lowest BCUT2D eigenvalue weighted by Gasteiger charge is -2.21. The van der Waals surface area contributed by atoms with E-state index in [9.17, 15) is 9.90 Å². The fraction of sp³-hybridized carbons (Fsp3) is 0.200. The third-order valence-corrected chi connectivity index (χ3v) is 3.09. The quantitative estimate of drug-likeness (QED) is 0.879. The van der Waals surface area contributed by atoms with E-state index < -0.39 is 6.04 Å². The van der Waals surface area contributed by atoms with E-state index in [0.717, 1.165) is 11.3 Å². The van der Waals surface area contributed by atoms with Crippen LogP contribution < -0.4 is 10.6 Å². The second-order valence-corrected chi connectivity index (χ2v) is 4.58. The summed E-state index contributed by atoms with van der Waals surface area (Å²) in [5, 5.41) is 9.22. The van der Waals surface area contributed by atoms with Gasteiger partial charge in [0, 0.05) is 25.1 Å². The van der Waals surface area contributed by atoms with Crippen molar-refractivity contribution in [1.82, 2.24) is 4.98 Å². The van der Waals surface area contributed by atoms with E-state index >= 15 is 0 Å². The lowest BCUT2D eigenvalue weighted by molar-refractivity contribution is -0.119. The molecule has 5 nitrogen and oxygen atoms in total. The summed E-state index contributed by atoms with van der Waals surface area (Å²) in [5.41, 5.74) is 7.62. The fourth-order valence-electron chi connectivity index (χ4n) is 1.92. The van der Waals surface area contributed by atoms with Gasteiger partial charge in [0.25, 0.3) is 0 Å². The van der Waals surface area contributed by atoms with Crippen molar-refractivity contribution in [2.75, 3.05) is 11.9 Å². The highest BCUT2D eigenvalue weighted by Gasteiger charge is 2.19. The molecule has 0 aliphatic carbocycles. The SMILES string of the molecule is CN(C(=O)[C@@H](N)Cc1ccc(O)cc1)c1ccncc1. The molecule has 3 N–H and O–H groups in total. The molecule has 1 aromatic carbocycles. The molecule has 1 heterocycles. The maximum absolute atomic E-state index is 12.2. The Morgan fingerprint density at radius 3 is 2.45 bits per heavy atom. The molecule has 0 aliphatic heterocycles. The van der Waals surface area contributed by atoms with Crippen molar-refractivity contribution in [2.24, 2.45) is 5.73 Å². The zero-order chi connectivity index (χ0) is 14.5. The molecule has 2 rings (SSSR count). The number of amides is 1. The molecule has 0 unspecified atom stereocenters. The number of nitrogens with two attached hydrogens (primary N) is 1. The second-order valence-electron chi connectivity index (χ2n) is 4.58. The Kier molecular flexibility index (Phi) is 4.32. The summed E-state index contributed by atoms with van der Waals surface area (Å²) in [6.07, 6.45) is 3.68. The Morgan fingerprint density at radius 2 is 1.85 bits per heavy atom. The number of nitrogens with zero attached hydrogens (tertiary/aromatic N) is 2. The van der Waals surface area contributed by atoms with Crippen LogP contribution >= 0.6 is 0 Å². The molecule has 0 fully saturated rings. The minimum absolute atomic E-state index is 0.163. The lowest BCUT2D eigenvalue weighted by atomic mass is 10.1. The zero-order valence-electron chi connectivity index (χ0n) is 11.2. The molecular formula is C15H17N3O2. The molecule has 0 saturated carbocycles. The van der Waals surface area contributed by atoms with Gasteiger partial charge in [-0.3, -0.25) is 9.78 Å². The zero-order valence-corrected chi connectivity index (χ0v) is 11.2. The third-order valence-electron chi connectivity index (χ3n) is 3.09.